The summed E-state index contributed by atoms with van der Waals surface area (Å²) in [6.45, 7) is 0.498. The predicted octanol–water partition coefficient (Wildman–Crippen LogP) is 3.10. The van der Waals surface area contributed by atoms with Crippen LogP contribution >= 0.6 is 24.4 Å². The summed E-state index contributed by atoms with van der Waals surface area (Å²) < 4.78 is 20.6. The first-order chi connectivity index (χ1) is 16.9. The van der Waals surface area contributed by atoms with E-state index in [1.807, 2.05) is 24.3 Å². The fraction of sp³-hybridized carbons (Fsp3) is 0.208. The highest BCUT2D eigenvalue weighted by molar-refractivity contribution is 7.80. The number of hydrogen-bond donors (Lipinski definition) is 2. The molecule has 0 radical (unpaired) electrons. The van der Waals surface area contributed by atoms with Gasteiger partial charge in [-0.3, -0.25) is 14.4 Å². The van der Waals surface area contributed by atoms with Crippen LogP contribution in [0.5, 0.6) is 23.0 Å². The van der Waals surface area contributed by atoms with Crippen LogP contribution in [0.2, 0.25) is 0 Å². The number of carbonyl (C=O) groups is 3. The van der Waals surface area contributed by atoms with E-state index < -0.39 is 0 Å². The fourth-order valence-electron chi connectivity index (χ4n) is 3.32. The first-order valence-electron chi connectivity index (χ1n) is 10.5. The zero-order valence-corrected chi connectivity index (χ0v) is 20.0. The molecule has 0 aromatic heterocycles. The number of rotatable bonds is 2. The van der Waals surface area contributed by atoms with Gasteiger partial charge >= 0.3 is 0 Å². The number of carbonyl (C=O) groups excluding carboxylic acids is 3. The van der Waals surface area contributed by atoms with Gasteiger partial charge in [0.15, 0.2) is 23.0 Å². The molecule has 0 bridgehead atoms. The zero-order valence-electron chi connectivity index (χ0n) is 18.3. The lowest BCUT2D eigenvalue weighted by atomic mass is 10.1. The summed E-state index contributed by atoms with van der Waals surface area (Å²) in [4.78, 5) is 33.3. The van der Waals surface area contributed by atoms with Gasteiger partial charge in [-0.15, -0.1) is 0 Å². The Bertz CT molecular complexity index is 1230. The molecule has 4 aliphatic heterocycles. The molecule has 11 heteroatoms. The van der Waals surface area contributed by atoms with Crippen molar-refractivity contribution in [3.63, 3.8) is 0 Å². The maximum Gasteiger partial charge on any atom is 0.252 e. The lowest BCUT2D eigenvalue weighted by molar-refractivity contribution is -0.118. The van der Waals surface area contributed by atoms with E-state index in [1.54, 1.807) is 18.2 Å². The van der Waals surface area contributed by atoms with E-state index in [1.165, 1.54) is 0 Å². The summed E-state index contributed by atoms with van der Waals surface area (Å²) in [7, 11) is 0. The molecule has 0 unspecified atom stereocenters. The number of benzene rings is 2. The fourth-order valence-corrected chi connectivity index (χ4v) is 3.78. The molecule has 2 aromatic rings. The van der Waals surface area contributed by atoms with Crippen LogP contribution in [0, 0.1) is 0 Å². The molecule has 2 fully saturated rings. The van der Waals surface area contributed by atoms with E-state index in [0.717, 1.165) is 24.0 Å². The van der Waals surface area contributed by atoms with Gasteiger partial charge in [0.2, 0.25) is 19.5 Å². The maximum atomic E-state index is 11.5. The van der Waals surface area contributed by atoms with Gasteiger partial charge in [0, 0.05) is 30.4 Å². The monoisotopic (exact) mass is 512 g/mol. The van der Waals surface area contributed by atoms with Crippen LogP contribution in [-0.4, -0.2) is 41.7 Å². The minimum atomic E-state index is -0.118. The largest absolute Gasteiger partial charge is 0.454 e. The van der Waals surface area contributed by atoms with Gasteiger partial charge < -0.3 is 29.6 Å². The van der Waals surface area contributed by atoms with Crippen molar-refractivity contribution in [2.45, 2.75) is 19.3 Å². The summed E-state index contributed by atoms with van der Waals surface area (Å²) in [6.07, 6.45) is 4.42. The van der Waals surface area contributed by atoms with Crippen molar-refractivity contribution in [2.75, 3.05) is 13.6 Å². The normalized spacial score (nSPS) is 17.8. The molecule has 2 saturated heterocycles. The van der Waals surface area contributed by atoms with Crippen molar-refractivity contribution >= 4 is 58.6 Å². The SMILES string of the molecule is O=C1CCC(=S)N1.O=C1NC(=S)C/C1=C\c1ccc2c(c1)OCO2.O=Cc1ccc2c(c1)OCO2. The van der Waals surface area contributed by atoms with Crippen LogP contribution in [0.3, 0.4) is 0 Å². The lowest BCUT2D eigenvalue weighted by Gasteiger charge is -1.98. The molecular weight excluding hydrogens is 492 g/mol. The molecule has 0 atom stereocenters. The van der Waals surface area contributed by atoms with Crippen molar-refractivity contribution in [1.82, 2.24) is 10.6 Å². The molecule has 0 aliphatic carbocycles. The molecule has 0 spiro atoms. The van der Waals surface area contributed by atoms with Gasteiger partial charge in [0.25, 0.3) is 5.91 Å². The van der Waals surface area contributed by atoms with E-state index in [9.17, 15) is 14.4 Å². The minimum Gasteiger partial charge on any atom is -0.454 e. The van der Waals surface area contributed by atoms with Gasteiger partial charge in [-0.1, -0.05) is 30.5 Å². The van der Waals surface area contributed by atoms with Crippen LogP contribution in [-0.2, 0) is 9.59 Å². The minimum absolute atomic E-state index is 0.0602. The molecule has 2 N–H and O–H groups in total. The van der Waals surface area contributed by atoms with Crippen molar-refractivity contribution in [1.29, 1.82) is 0 Å². The van der Waals surface area contributed by atoms with Gasteiger partial charge in [0.1, 0.15) is 6.29 Å². The summed E-state index contributed by atoms with van der Waals surface area (Å²) in [5, 5.41) is 5.12. The average molecular weight is 513 g/mol. The van der Waals surface area contributed by atoms with Crippen molar-refractivity contribution in [3.05, 3.63) is 53.1 Å². The summed E-state index contributed by atoms with van der Waals surface area (Å²) in [5.74, 6) is 2.74. The molecule has 4 aliphatic rings. The van der Waals surface area contributed by atoms with Crippen molar-refractivity contribution in [2.24, 2.45) is 0 Å². The Morgan fingerprint density at radius 3 is 1.83 bits per heavy atom. The number of aldehydes is 1. The number of ether oxygens (including phenoxy) is 4. The second-order valence-corrected chi connectivity index (χ2v) is 8.52. The summed E-state index contributed by atoms with van der Waals surface area (Å²) >= 11 is 9.62. The average Bonchev–Trinajstić information content (AvgIpc) is 3.63. The second kappa shape index (κ2) is 11.1. The Morgan fingerprint density at radius 1 is 0.743 bits per heavy atom. The number of hydrogen-bond acceptors (Lipinski definition) is 9. The Hall–Kier alpha value is -3.83. The molecule has 0 saturated carbocycles. The van der Waals surface area contributed by atoms with Crippen molar-refractivity contribution < 1.29 is 33.3 Å². The molecule has 2 aromatic carbocycles. The van der Waals surface area contributed by atoms with E-state index in [0.29, 0.717) is 51.2 Å². The Kier molecular flexibility index (Phi) is 7.68. The van der Waals surface area contributed by atoms with E-state index >= 15 is 0 Å². The molecule has 6 rings (SSSR count). The molecule has 4 heterocycles. The Balaban J connectivity index is 0.000000137. The topological polar surface area (TPSA) is 112 Å². The van der Waals surface area contributed by atoms with Crippen LogP contribution in [0.15, 0.2) is 42.0 Å². The number of thiocarbonyl (C=S) groups is 2. The first-order valence-corrected chi connectivity index (χ1v) is 11.3. The Morgan fingerprint density at radius 2 is 1.34 bits per heavy atom. The number of nitrogens with one attached hydrogen (secondary N) is 2. The van der Waals surface area contributed by atoms with Crippen LogP contribution in [0.25, 0.3) is 6.08 Å². The van der Waals surface area contributed by atoms with Gasteiger partial charge in [-0.2, -0.15) is 0 Å². The van der Waals surface area contributed by atoms with Crippen LogP contribution in [0.4, 0.5) is 0 Å². The highest BCUT2D eigenvalue weighted by Crippen LogP contribution is 2.33. The maximum absolute atomic E-state index is 11.5. The smallest absolute Gasteiger partial charge is 0.252 e. The van der Waals surface area contributed by atoms with E-state index in [-0.39, 0.29) is 25.4 Å². The Labute approximate surface area is 211 Å². The van der Waals surface area contributed by atoms with Gasteiger partial charge in [0.05, 0.1) is 9.98 Å². The number of fused-ring (bicyclic) bond motifs is 2. The zero-order chi connectivity index (χ0) is 24.8. The molecule has 180 valence electrons. The molecule has 2 amide bonds. The molecular formula is C24H20N2O7S2. The summed E-state index contributed by atoms with van der Waals surface area (Å²) in [5.41, 5.74) is 2.19. The highest BCUT2D eigenvalue weighted by Gasteiger charge is 2.21. The highest BCUT2D eigenvalue weighted by atomic mass is 32.1. The lowest BCUT2D eigenvalue weighted by Crippen LogP contribution is -2.17. The summed E-state index contributed by atoms with van der Waals surface area (Å²) in [6, 6.07) is 10.7. The van der Waals surface area contributed by atoms with Crippen LogP contribution < -0.4 is 29.6 Å². The number of amides is 2. The molecule has 9 nitrogen and oxygen atoms in total. The standard InChI is InChI=1S/C12H9NO3S.C8H6O3.C4H5NOS/c14-12-8(5-11(17)13-12)3-7-1-2-9-10(4-7)16-6-15-9;9-4-6-1-2-7-8(3-6)11-5-10-7;6-3-1-2-4(7)5-3/h1-4H,5-6H2,(H,13,14,17);1-4H,5H2;1-2H2,(H,5,6,7)/b8-3+;;. The predicted molar refractivity (Wildman–Crippen MR) is 134 cm³/mol. The van der Waals surface area contributed by atoms with Gasteiger partial charge in [-0.05, 0) is 42.0 Å². The van der Waals surface area contributed by atoms with Crippen molar-refractivity contribution in [3.8, 4) is 23.0 Å². The van der Waals surface area contributed by atoms with Gasteiger partial charge in [-0.25, -0.2) is 0 Å². The first kappa shape index (κ1) is 24.3. The van der Waals surface area contributed by atoms with E-state index in [2.05, 4.69) is 22.9 Å². The third-order valence-corrected chi connectivity index (χ3v) is 5.58. The third-order valence-electron chi connectivity index (χ3n) is 5.02. The van der Waals surface area contributed by atoms with Crippen LogP contribution in [0.1, 0.15) is 35.2 Å². The van der Waals surface area contributed by atoms with E-state index in [4.69, 9.17) is 31.2 Å². The third kappa shape index (κ3) is 6.40. The quantitative estimate of drug-likeness (QED) is 0.356. The second-order valence-electron chi connectivity index (χ2n) is 7.54. The molecule has 35 heavy (non-hydrogen) atoms.